The number of aryl methyl sites for hydroxylation is 1. The Bertz CT molecular complexity index is 481. The second kappa shape index (κ2) is 6.08. The summed E-state index contributed by atoms with van der Waals surface area (Å²) in [5.41, 5.74) is 0.841. The largest absolute Gasteiger partial charge is 0.481 e. The van der Waals surface area contributed by atoms with Gasteiger partial charge in [0.2, 0.25) is 10.0 Å². The summed E-state index contributed by atoms with van der Waals surface area (Å²) in [6.07, 6.45) is 0.127. The molecule has 0 aliphatic carbocycles. The van der Waals surface area contributed by atoms with E-state index in [2.05, 4.69) is 9.71 Å². The lowest BCUT2D eigenvalue weighted by Crippen LogP contribution is -2.29. The number of thiazole rings is 1. The number of rotatable bonds is 7. The first-order valence-electron chi connectivity index (χ1n) is 4.99. The maximum absolute atomic E-state index is 11.3. The van der Waals surface area contributed by atoms with Crippen LogP contribution in [-0.4, -0.2) is 36.8 Å². The van der Waals surface area contributed by atoms with E-state index in [1.54, 1.807) is 0 Å². The summed E-state index contributed by atoms with van der Waals surface area (Å²) in [5, 5.41) is 11.2. The van der Waals surface area contributed by atoms with Crippen molar-refractivity contribution in [3.05, 3.63) is 16.1 Å². The SMILES string of the molecule is Cc1nc(CCNS(=O)(=O)CCC(=O)O)cs1. The molecule has 0 bridgehead atoms. The molecule has 17 heavy (non-hydrogen) atoms. The third-order valence-electron chi connectivity index (χ3n) is 1.95. The zero-order valence-corrected chi connectivity index (χ0v) is 11.0. The van der Waals surface area contributed by atoms with Crippen molar-refractivity contribution in [3.63, 3.8) is 0 Å². The monoisotopic (exact) mass is 278 g/mol. The number of carboxylic acids is 1. The lowest BCUT2D eigenvalue weighted by Gasteiger charge is -2.03. The molecular weight excluding hydrogens is 264 g/mol. The Morgan fingerprint density at radius 1 is 1.59 bits per heavy atom. The van der Waals surface area contributed by atoms with Gasteiger partial charge in [-0.25, -0.2) is 18.1 Å². The summed E-state index contributed by atoms with van der Waals surface area (Å²) in [4.78, 5) is 14.4. The first-order chi connectivity index (χ1) is 7.89. The second-order valence-electron chi connectivity index (χ2n) is 3.46. The van der Waals surface area contributed by atoms with E-state index in [0.717, 1.165) is 10.7 Å². The van der Waals surface area contributed by atoms with Crippen LogP contribution in [-0.2, 0) is 21.2 Å². The van der Waals surface area contributed by atoms with Crippen LogP contribution in [0.2, 0.25) is 0 Å². The topological polar surface area (TPSA) is 96.4 Å². The molecule has 6 nitrogen and oxygen atoms in total. The smallest absolute Gasteiger partial charge is 0.304 e. The van der Waals surface area contributed by atoms with E-state index in [4.69, 9.17) is 5.11 Å². The van der Waals surface area contributed by atoms with Crippen LogP contribution in [0.5, 0.6) is 0 Å². The molecule has 1 aromatic rings. The molecular formula is C9H14N2O4S2. The standard InChI is InChI=1S/C9H14N2O4S2/c1-7-11-8(6-16-7)2-4-10-17(14,15)5-3-9(12)13/h6,10H,2-5H2,1H3,(H,12,13). The van der Waals surface area contributed by atoms with Crippen molar-refractivity contribution in [1.82, 2.24) is 9.71 Å². The molecule has 0 saturated carbocycles. The minimum Gasteiger partial charge on any atom is -0.481 e. The van der Waals surface area contributed by atoms with Crippen LogP contribution < -0.4 is 4.72 Å². The van der Waals surface area contributed by atoms with E-state index >= 15 is 0 Å². The average molecular weight is 278 g/mol. The minimum atomic E-state index is -3.50. The summed E-state index contributed by atoms with van der Waals surface area (Å²) in [6.45, 7) is 2.12. The van der Waals surface area contributed by atoms with Gasteiger partial charge in [0.25, 0.3) is 0 Å². The third-order valence-corrected chi connectivity index (χ3v) is 4.16. The highest BCUT2D eigenvalue weighted by Crippen LogP contribution is 2.07. The molecule has 0 aromatic carbocycles. The average Bonchev–Trinajstić information content (AvgIpc) is 2.61. The van der Waals surface area contributed by atoms with Gasteiger partial charge in [0, 0.05) is 18.3 Å². The molecule has 96 valence electrons. The highest BCUT2D eigenvalue weighted by Gasteiger charge is 2.12. The number of nitrogens with one attached hydrogen (secondary N) is 1. The molecule has 0 radical (unpaired) electrons. The van der Waals surface area contributed by atoms with E-state index in [0.29, 0.717) is 6.42 Å². The number of sulfonamides is 1. The summed E-state index contributed by atoms with van der Waals surface area (Å²) in [6, 6.07) is 0. The summed E-state index contributed by atoms with van der Waals surface area (Å²) in [5.74, 6) is -1.51. The van der Waals surface area contributed by atoms with Gasteiger partial charge in [0.1, 0.15) is 0 Å². The Kier molecular flexibility index (Phi) is 5.03. The zero-order chi connectivity index (χ0) is 12.9. The molecule has 2 N–H and O–H groups in total. The Balaban J connectivity index is 2.32. The molecule has 0 atom stereocenters. The minimum absolute atomic E-state index is 0.241. The zero-order valence-electron chi connectivity index (χ0n) is 9.34. The van der Waals surface area contributed by atoms with Gasteiger partial charge in [-0.15, -0.1) is 11.3 Å². The van der Waals surface area contributed by atoms with Crippen molar-refractivity contribution in [2.45, 2.75) is 19.8 Å². The third kappa shape index (κ3) is 5.76. The number of nitrogens with zero attached hydrogens (tertiary/aromatic N) is 1. The Morgan fingerprint density at radius 2 is 2.29 bits per heavy atom. The predicted octanol–water partition coefficient (Wildman–Crippen LogP) is 0.388. The first kappa shape index (κ1) is 14.1. The Labute approximate surface area is 104 Å². The van der Waals surface area contributed by atoms with Crippen molar-refractivity contribution in [1.29, 1.82) is 0 Å². The van der Waals surface area contributed by atoms with Crippen LogP contribution in [0.1, 0.15) is 17.1 Å². The van der Waals surface area contributed by atoms with E-state index in [-0.39, 0.29) is 13.0 Å². The van der Waals surface area contributed by atoms with Crippen molar-refractivity contribution in [3.8, 4) is 0 Å². The summed E-state index contributed by atoms with van der Waals surface area (Å²) < 4.78 is 25.0. The summed E-state index contributed by atoms with van der Waals surface area (Å²) in [7, 11) is -3.50. The fourth-order valence-corrected chi connectivity index (χ4v) is 2.80. The van der Waals surface area contributed by atoms with Crippen LogP contribution >= 0.6 is 11.3 Å². The second-order valence-corrected chi connectivity index (χ2v) is 6.45. The summed E-state index contributed by atoms with van der Waals surface area (Å²) >= 11 is 1.51. The number of aliphatic carboxylic acids is 1. The van der Waals surface area contributed by atoms with Gasteiger partial charge in [-0.1, -0.05) is 0 Å². The van der Waals surface area contributed by atoms with Crippen molar-refractivity contribution < 1.29 is 18.3 Å². The van der Waals surface area contributed by atoms with E-state index in [1.807, 2.05) is 12.3 Å². The number of hydrogen-bond acceptors (Lipinski definition) is 5. The molecule has 0 spiro atoms. The van der Waals surface area contributed by atoms with Crippen LogP contribution in [0.15, 0.2) is 5.38 Å². The van der Waals surface area contributed by atoms with Gasteiger partial charge in [-0.3, -0.25) is 4.79 Å². The van der Waals surface area contributed by atoms with Crippen LogP contribution in [0.25, 0.3) is 0 Å². The number of hydrogen-bond donors (Lipinski definition) is 2. The number of carbonyl (C=O) groups is 1. The van der Waals surface area contributed by atoms with Crippen LogP contribution in [0.4, 0.5) is 0 Å². The van der Waals surface area contributed by atoms with Gasteiger partial charge in [0.05, 0.1) is 22.9 Å². The molecule has 0 fully saturated rings. The number of aromatic nitrogens is 1. The van der Waals surface area contributed by atoms with Gasteiger partial charge >= 0.3 is 5.97 Å². The quantitative estimate of drug-likeness (QED) is 0.752. The number of carboxylic acid groups (broad SMARTS) is 1. The molecule has 1 aromatic heterocycles. The highest BCUT2D eigenvalue weighted by molar-refractivity contribution is 7.89. The molecule has 0 amide bonds. The van der Waals surface area contributed by atoms with E-state index in [9.17, 15) is 13.2 Å². The lowest BCUT2D eigenvalue weighted by atomic mass is 10.3. The van der Waals surface area contributed by atoms with Gasteiger partial charge in [-0.2, -0.15) is 0 Å². The Morgan fingerprint density at radius 3 is 2.82 bits per heavy atom. The molecule has 0 unspecified atom stereocenters. The van der Waals surface area contributed by atoms with Gasteiger partial charge < -0.3 is 5.11 Å². The molecule has 1 heterocycles. The maximum atomic E-state index is 11.3. The van der Waals surface area contributed by atoms with Crippen LogP contribution in [0.3, 0.4) is 0 Å². The molecule has 0 aliphatic heterocycles. The normalized spacial score (nSPS) is 11.6. The molecule has 0 aliphatic rings. The van der Waals surface area contributed by atoms with E-state index in [1.165, 1.54) is 11.3 Å². The van der Waals surface area contributed by atoms with Gasteiger partial charge in [0.15, 0.2) is 0 Å². The van der Waals surface area contributed by atoms with E-state index < -0.39 is 21.7 Å². The van der Waals surface area contributed by atoms with Crippen molar-refractivity contribution in [2.24, 2.45) is 0 Å². The fourth-order valence-electron chi connectivity index (χ4n) is 1.15. The van der Waals surface area contributed by atoms with Crippen molar-refractivity contribution >= 4 is 27.3 Å². The Hall–Kier alpha value is -0.990. The highest BCUT2D eigenvalue weighted by atomic mass is 32.2. The molecule has 0 saturated heterocycles. The predicted molar refractivity (Wildman–Crippen MR) is 64.6 cm³/mol. The van der Waals surface area contributed by atoms with Crippen molar-refractivity contribution in [2.75, 3.05) is 12.3 Å². The molecule has 1 rings (SSSR count). The first-order valence-corrected chi connectivity index (χ1v) is 7.52. The fraction of sp³-hybridized carbons (Fsp3) is 0.556. The van der Waals surface area contributed by atoms with Gasteiger partial charge in [-0.05, 0) is 6.92 Å². The lowest BCUT2D eigenvalue weighted by molar-refractivity contribution is -0.136. The molecule has 8 heteroatoms. The maximum Gasteiger partial charge on any atom is 0.304 e. The van der Waals surface area contributed by atoms with Crippen LogP contribution in [0, 0.1) is 6.92 Å².